The van der Waals surface area contributed by atoms with Crippen LogP contribution in [-0.4, -0.2) is 48.5 Å². The van der Waals surface area contributed by atoms with Crippen molar-refractivity contribution in [1.82, 2.24) is 4.90 Å². The summed E-state index contributed by atoms with van der Waals surface area (Å²) < 4.78 is 5.31. The van der Waals surface area contributed by atoms with Gasteiger partial charge < -0.3 is 14.3 Å². The molecule has 0 aliphatic rings. The topological polar surface area (TPSA) is 32.7 Å². The molecule has 0 spiro atoms. The molecule has 0 amide bonds. The second kappa shape index (κ2) is 7.89. The van der Waals surface area contributed by atoms with Gasteiger partial charge in [-0.15, -0.1) is 0 Å². The summed E-state index contributed by atoms with van der Waals surface area (Å²) in [6.07, 6.45) is 0. The third kappa shape index (κ3) is 7.02. The molecule has 0 aliphatic heterocycles. The lowest BCUT2D eigenvalue weighted by Gasteiger charge is -2.18. The van der Waals surface area contributed by atoms with Crippen LogP contribution in [0, 0.1) is 0 Å². The zero-order valence-corrected chi connectivity index (χ0v) is 11.5. The summed E-state index contributed by atoms with van der Waals surface area (Å²) in [4.78, 5) is 12.2. The molecule has 0 radical (unpaired) electrons. The Morgan fingerprint density at radius 1 is 1.29 bits per heavy atom. The van der Waals surface area contributed by atoms with Crippen LogP contribution >= 0.6 is 6.49 Å². The molecule has 1 N–H and O–H groups in total. The van der Waals surface area contributed by atoms with E-state index in [1.807, 2.05) is 13.6 Å². The molecule has 3 nitrogen and oxygen atoms in total. The molecule has 0 fully saturated rings. The highest BCUT2D eigenvalue weighted by molar-refractivity contribution is 8.18. The Morgan fingerprint density at radius 2 is 1.86 bits per heavy atom. The van der Waals surface area contributed by atoms with Crippen molar-refractivity contribution in [1.29, 1.82) is 0 Å². The van der Waals surface area contributed by atoms with E-state index in [1.165, 1.54) is 0 Å². The number of rotatable bonds is 7. The highest BCUT2D eigenvalue weighted by Crippen LogP contribution is 2.39. The van der Waals surface area contributed by atoms with Gasteiger partial charge in [-0.1, -0.05) is 13.8 Å². The summed E-state index contributed by atoms with van der Waals surface area (Å²) in [5.74, 6) is 1.00. The molecule has 0 rings (SSSR count). The van der Waals surface area contributed by atoms with Crippen molar-refractivity contribution in [2.24, 2.45) is 0 Å². The van der Waals surface area contributed by atoms with Gasteiger partial charge in [0.1, 0.15) is 6.49 Å². The van der Waals surface area contributed by atoms with E-state index in [0.717, 1.165) is 36.3 Å². The van der Waals surface area contributed by atoms with Crippen LogP contribution in [0.2, 0.25) is 0 Å². The minimum absolute atomic E-state index is 0.610. The van der Waals surface area contributed by atoms with E-state index in [2.05, 4.69) is 18.7 Å². The van der Waals surface area contributed by atoms with E-state index in [9.17, 15) is 4.89 Å². The molecule has 5 heteroatoms. The zero-order chi connectivity index (χ0) is 11.0. The Balaban J connectivity index is 3.90. The third-order valence-corrected chi connectivity index (χ3v) is 6.24. The molecule has 0 aromatic carbocycles. The Morgan fingerprint density at radius 3 is 2.29 bits per heavy atom. The maximum atomic E-state index is 9.83. The fraction of sp³-hybridized carbons (Fsp3) is 1.00. The van der Waals surface area contributed by atoms with Gasteiger partial charge in [0.15, 0.2) is 0 Å². The van der Waals surface area contributed by atoms with Gasteiger partial charge in [-0.3, -0.25) is 0 Å². The van der Waals surface area contributed by atoms with E-state index in [-0.39, 0.29) is 0 Å². The Labute approximate surface area is 91.6 Å². The normalized spacial score (nSPS) is 15.9. The van der Waals surface area contributed by atoms with E-state index in [4.69, 9.17) is 4.52 Å². The standard InChI is InChI=1S/C9H24NO2PS/c1-5-10(6-2)8-9-14-13(4,11)12-7-3/h11,14H,5-9H2,1-4H3. The van der Waals surface area contributed by atoms with E-state index < -0.39 is 6.49 Å². The van der Waals surface area contributed by atoms with Crippen molar-refractivity contribution in [3.05, 3.63) is 0 Å². The van der Waals surface area contributed by atoms with Crippen LogP contribution in [0.5, 0.6) is 0 Å². The number of thiol groups is 1. The monoisotopic (exact) mass is 241 g/mol. The number of hydrogen-bond donors (Lipinski definition) is 2. The average molecular weight is 241 g/mol. The van der Waals surface area contributed by atoms with Crippen LogP contribution in [0.25, 0.3) is 0 Å². The van der Waals surface area contributed by atoms with Gasteiger partial charge in [0.2, 0.25) is 0 Å². The summed E-state index contributed by atoms with van der Waals surface area (Å²) in [5.41, 5.74) is 0. The van der Waals surface area contributed by atoms with Crippen molar-refractivity contribution in [2.45, 2.75) is 20.8 Å². The molecular formula is C9H24NO2PS. The minimum atomic E-state index is -2.07. The van der Waals surface area contributed by atoms with Gasteiger partial charge in [0.05, 0.1) is 6.61 Å². The molecule has 0 aromatic rings. The van der Waals surface area contributed by atoms with Crippen molar-refractivity contribution < 1.29 is 9.42 Å². The molecule has 0 bridgehead atoms. The molecule has 88 valence electrons. The molecule has 0 saturated heterocycles. The van der Waals surface area contributed by atoms with Crippen LogP contribution < -0.4 is 0 Å². The van der Waals surface area contributed by atoms with Crippen LogP contribution in [-0.2, 0) is 15.5 Å². The molecule has 0 aromatic heterocycles. The summed E-state index contributed by atoms with van der Waals surface area (Å²) in [7, 11) is 1.07. The van der Waals surface area contributed by atoms with Crippen LogP contribution in [0.4, 0.5) is 0 Å². The fourth-order valence-electron chi connectivity index (χ4n) is 1.20. The Kier molecular flexibility index (Phi) is 8.26. The van der Waals surface area contributed by atoms with Crippen LogP contribution in [0.1, 0.15) is 20.8 Å². The zero-order valence-electron chi connectivity index (χ0n) is 9.73. The molecule has 0 aliphatic carbocycles. The first-order chi connectivity index (χ1) is 6.55. The fourth-order valence-corrected chi connectivity index (χ4v) is 4.48. The van der Waals surface area contributed by atoms with Gasteiger partial charge in [0, 0.05) is 19.0 Å². The Hall–Kier alpha value is 0.660. The van der Waals surface area contributed by atoms with Crippen LogP contribution in [0.3, 0.4) is 0 Å². The molecule has 1 unspecified atom stereocenters. The minimum Gasteiger partial charge on any atom is -0.349 e. The quantitative estimate of drug-likeness (QED) is 0.524. The lowest BCUT2D eigenvalue weighted by molar-refractivity contribution is 0.323. The smallest absolute Gasteiger partial charge is 0.140 e. The Bertz CT molecular complexity index is 189. The van der Waals surface area contributed by atoms with Crippen molar-refractivity contribution in [3.8, 4) is 0 Å². The van der Waals surface area contributed by atoms with Crippen molar-refractivity contribution in [2.75, 3.05) is 38.7 Å². The third-order valence-electron chi connectivity index (χ3n) is 2.05. The van der Waals surface area contributed by atoms with E-state index in [0.29, 0.717) is 6.61 Å². The van der Waals surface area contributed by atoms with Crippen molar-refractivity contribution >= 4 is 17.4 Å². The second-order valence-electron chi connectivity index (χ2n) is 3.15. The lowest BCUT2D eigenvalue weighted by Crippen LogP contribution is -2.25. The van der Waals surface area contributed by atoms with Gasteiger partial charge in [-0.2, -0.15) is 10.9 Å². The summed E-state index contributed by atoms with van der Waals surface area (Å²) in [6.45, 7) is 9.84. The van der Waals surface area contributed by atoms with Gasteiger partial charge >= 0.3 is 0 Å². The van der Waals surface area contributed by atoms with Gasteiger partial charge in [-0.05, 0) is 20.0 Å². The highest BCUT2D eigenvalue weighted by atomic mass is 32.5. The predicted octanol–water partition coefficient (Wildman–Crippen LogP) is 1.56. The first kappa shape index (κ1) is 14.7. The number of hydrogen-bond acceptors (Lipinski definition) is 2. The van der Waals surface area contributed by atoms with Gasteiger partial charge in [-0.25, -0.2) is 0 Å². The first-order valence-electron chi connectivity index (χ1n) is 5.20. The predicted molar refractivity (Wildman–Crippen MR) is 68.1 cm³/mol. The maximum absolute atomic E-state index is 9.83. The SMILES string of the molecule is CCOP(C)(O)=[SH]CCN(CC)CC. The summed E-state index contributed by atoms with van der Waals surface area (Å²) in [5, 5.41) is 0. The number of nitrogens with zero attached hydrogens (tertiary/aromatic N) is 1. The highest BCUT2D eigenvalue weighted by Gasteiger charge is 2.04. The largest absolute Gasteiger partial charge is 0.349 e. The molecule has 0 saturated carbocycles. The van der Waals surface area contributed by atoms with Gasteiger partial charge in [0.25, 0.3) is 0 Å². The summed E-state index contributed by atoms with van der Waals surface area (Å²) >= 11 is 0. The molecule has 0 heterocycles. The molecule has 14 heavy (non-hydrogen) atoms. The first-order valence-corrected chi connectivity index (χ1v) is 9.10. The van der Waals surface area contributed by atoms with Crippen LogP contribution in [0.15, 0.2) is 0 Å². The molecule has 1 atom stereocenters. The average Bonchev–Trinajstić information content (AvgIpc) is 2.12. The molecular weight excluding hydrogens is 217 g/mol. The van der Waals surface area contributed by atoms with E-state index >= 15 is 0 Å². The second-order valence-corrected chi connectivity index (χ2v) is 8.88. The maximum Gasteiger partial charge on any atom is 0.140 e. The summed E-state index contributed by atoms with van der Waals surface area (Å²) in [6, 6.07) is 0. The lowest BCUT2D eigenvalue weighted by atomic mass is 10.5. The van der Waals surface area contributed by atoms with Crippen molar-refractivity contribution in [3.63, 3.8) is 0 Å². The van der Waals surface area contributed by atoms with E-state index in [1.54, 1.807) is 0 Å².